The molecule has 0 saturated heterocycles. The van der Waals surface area contributed by atoms with Crippen LogP contribution in [0.2, 0.25) is 5.02 Å². The molecule has 2 atom stereocenters. The molecule has 164 valence electrons. The molecule has 1 heterocycles. The number of halogens is 1. The van der Waals surface area contributed by atoms with Gasteiger partial charge < -0.3 is 14.7 Å². The molecule has 0 spiro atoms. The second kappa shape index (κ2) is 9.45. The predicted octanol–water partition coefficient (Wildman–Crippen LogP) is 5.57. The molecule has 0 fully saturated rings. The molecule has 32 heavy (non-hydrogen) atoms. The van der Waals surface area contributed by atoms with Crippen molar-refractivity contribution in [2.45, 2.75) is 31.7 Å². The van der Waals surface area contributed by atoms with Crippen LogP contribution in [-0.2, 0) is 11.2 Å². The highest BCUT2D eigenvalue weighted by Crippen LogP contribution is 2.45. The Kier molecular flexibility index (Phi) is 6.47. The summed E-state index contributed by atoms with van der Waals surface area (Å²) in [5, 5.41) is 10.0. The van der Waals surface area contributed by atoms with Gasteiger partial charge in [-0.3, -0.25) is 9.59 Å². The minimum Gasteiger partial charge on any atom is -0.493 e. The molecule has 0 radical (unpaired) electrons. The van der Waals surface area contributed by atoms with E-state index in [1.807, 2.05) is 43.3 Å². The zero-order valence-electron chi connectivity index (χ0n) is 17.7. The van der Waals surface area contributed by atoms with Crippen molar-refractivity contribution in [1.29, 1.82) is 0 Å². The summed E-state index contributed by atoms with van der Waals surface area (Å²) in [6.07, 6.45) is 0.708. The van der Waals surface area contributed by atoms with E-state index in [-0.39, 0.29) is 24.3 Å². The molecular formula is C26H24ClNO4. The van der Waals surface area contributed by atoms with Crippen molar-refractivity contribution in [3.63, 3.8) is 0 Å². The number of hydrogen-bond donors (Lipinski definition) is 1. The maximum atomic E-state index is 13.3. The third-order valence-electron chi connectivity index (χ3n) is 5.85. The molecule has 6 heteroatoms. The molecule has 1 aliphatic rings. The maximum Gasteiger partial charge on any atom is 0.304 e. The Bertz CT molecular complexity index is 1110. The number of hydrogen-bond acceptors (Lipinski definition) is 3. The number of fused-ring (bicyclic) bond motifs is 1. The fourth-order valence-electron chi connectivity index (χ4n) is 4.22. The summed E-state index contributed by atoms with van der Waals surface area (Å²) >= 11 is 5.96. The summed E-state index contributed by atoms with van der Waals surface area (Å²) in [5.41, 5.74) is 3.23. The van der Waals surface area contributed by atoms with Crippen molar-refractivity contribution in [1.82, 2.24) is 0 Å². The largest absolute Gasteiger partial charge is 0.493 e. The minimum atomic E-state index is -0.899. The lowest BCUT2D eigenvalue weighted by atomic mass is 9.92. The first-order valence-electron chi connectivity index (χ1n) is 10.6. The number of carbonyl (C=O) groups is 2. The van der Waals surface area contributed by atoms with Crippen LogP contribution < -0.4 is 9.64 Å². The van der Waals surface area contributed by atoms with Crippen LogP contribution in [0.3, 0.4) is 0 Å². The predicted molar refractivity (Wildman–Crippen MR) is 125 cm³/mol. The van der Waals surface area contributed by atoms with Crippen LogP contribution in [-0.4, -0.2) is 29.6 Å². The van der Waals surface area contributed by atoms with E-state index in [9.17, 15) is 14.7 Å². The van der Waals surface area contributed by atoms with E-state index in [0.717, 1.165) is 17.7 Å². The summed E-state index contributed by atoms with van der Waals surface area (Å²) in [7, 11) is 0. The van der Waals surface area contributed by atoms with E-state index in [4.69, 9.17) is 16.3 Å². The Labute approximate surface area is 192 Å². The lowest BCUT2D eigenvalue weighted by molar-refractivity contribution is -0.137. The number of rotatable bonds is 7. The van der Waals surface area contributed by atoms with E-state index in [1.54, 1.807) is 29.2 Å². The molecule has 1 aliphatic heterocycles. The van der Waals surface area contributed by atoms with E-state index < -0.39 is 5.97 Å². The normalized spacial score (nSPS) is 17.1. The number of carbonyl (C=O) groups excluding carboxylic acids is 1. The fourth-order valence-corrected chi connectivity index (χ4v) is 4.35. The molecule has 5 nitrogen and oxygen atoms in total. The molecule has 0 unspecified atom stereocenters. The van der Waals surface area contributed by atoms with Gasteiger partial charge in [0.2, 0.25) is 0 Å². The molecule has 4 rings (SSSR count). The quantitative estimate of drug-likeness (QED) is 0.512. The lowest BCUT2D eigenvalue weighted by Crippen LogP contribution is -2.37. The van der Waals surface area contributed by atoms with Crippen LogP contribution in [0.5, 0.6) is 5.75 Å². The minimum absolute atomic E-state index is 0.0635. The van der Waals surface area contributed by atoms with Crippen molar-refractivity contribution in [2.24, 2.45) is 0 Å². The number of carboxylic acids is 1. The average molecular weight is 450 g/mol. The summed E-state index contributed by atoms with van der Waals surface area (Å²) in [4.78, 5) is 26.5. The summed E-state index contributed by atoms with van der Waals surface area (Å²) in [6.45, 7) is 2.40. The highest BCUT2D eigenvalue weighted by Gasteiger charge is 2.40. The van der Waals surface area contributed by atoms with Crippen LogP contribution in [0.25, 0.3) is 0 Å². The van der Waals surface area contributed by atoms with Gasteiger partial charge in [0, 0.05) is 34.7 Å². The topological polar surface area (TPSA) is 66.8 Å². The molecule has 1 amide bonds. The number of nitrogens with zero attached hydrogens (tertiary/aromatic N) is 1. The maximum absolute atomic E-state index is 13.3. The van der Waals surface area contributed by atoms with E-state index in [0.29, 0.717) is 22.9 Å². The average Bonchev–Trinajstić information content (AvgIpc) is 3.05. The summed E-state index contributed by atoms with van der Waals surface area (Å²) < 4.78 is 5.95. The van der Waals surface area contributed by atoms with Gasteiger partial charge in [-0.1, -0.05) is 41.9 Å². The Morgan fingerprint density at radius 2 is 1.75 bits per heavy atom. The number of carboxylic acid groups (broad SMARTS) is 1. The van der Waals surface area contributed by atoms with Gasteiger partial charge in [-0.2, -0.15) is 0 Å². The summed E-state index contributed by atoms with van der Waals surface area (Å²) in [5.74, 6) is -0.732. The first kappa shape index (κ1) is 21.9. The van der Waals surface area contributed by atoms with E-state index in [1.165, 1.54) is 5.56 Å². The molecule has 0 aromatic heterocycles. The van der Waals surface area contributed by atoms with Crippen LogP contribution in [0.1, 0.15) is 40.7 Å². The standard InChI is InChI=1S/C26H24ClNO4/c1-17-22(16-25(29)30)23-15-21(32-14-13-18-5-3-2-4-6-18)11-12-24(23)28(17)26(31)19-7-9-20(27)10-8-19/h2-12,15,17,22H,13-14,16H2,1H3,(H,29,30)/t17-,22-/m1/s1. The molecule has 0 aliphatic carbocycles. The molecule has 0 bridgehead atoms. The molecule has 3 aromatic carbocycles. The smallest absolute Gasteiger partial charge is 0.304 e. The monoisotopic (exact) mass is 449 g/mol. The third kappa shape index (κ3) is 4.63. The van der Waals surface area contributed by atoms with Gasteiger partial charge in [0.1, 0.15) is 5.75 Å². The Hall–Kier alpha value is -3.31. The molecule has 3 aromatic rings. The number of benzene rings is 3. The lowest BCUT2D eigenvalue weighted by Gasteiger charge is -2.25. The molecule has 0 saturated carbocycles. The van der Waals surface area contributed by atoms with Crippen LogP contribution >= 0.6 is 11.6 Å². The van der Waals surface area contributed by atoms with Gasteiger partial charge in [0.15, 0.2) is 0 Å². The first-order chi connectivity index (χ1) is 15.4. The first-order valence-corrected chi connectivity index (χ1v) is 10.9. The second-order valence-corrected chi connectivity index (χ2v) is 8.37. The zero-order chi connectivity index (χ0) is 22.7. The fraction of sp³-hybridized carbons (Fsp3) is 0.231. The number of aliphatic carboxylic acids is 1. The molecule has 1 N–H and O–H groups in total. The van der Waals surface area contributed by atoms with Gasteiger partial charge in [-0.15, -0.1) is 0 Å². The van der Waals surface area contributed by atoms with E-state index >= 15 is 0 Å². The Balaban J connectivity index is 1.58. The van der Waals surface area contributed by atoms with Crippen molar-refractivity contribution in [3.05, 3.63) is 94.5 Å². The Morgan fingerprint density at radius 1 is 1.03 bits per heavy atom. The number of ether oxygens (including phenoxy) is 1. The third-order valence-corrected chi connectivity index (χ3v) is 6.11. The van der Waals surface area contributed by atoms with Crippen LogP contribution in [0.4, 0.5) is 5.69 Å². The SMILES string of the molecule is C[C@@H]1[C@@H](CC(=O)O)c2cc(OCCc3ccccc3)ccc2N1C(=O)c1ccc(Cl)cc1. The highest BCUT2D eigenvalue weighted by molar-refractivity contribution is 6.30. The number of amides is 1. The zero-order valence-corrected chi connectivity index (χ0v) is 18.5. The van der Waals surface area contributed by atoms with Crippen molar-refractivity contribution < 1.29 is 19.4 Å². The molecular weight excluding hydrogens is 426 g/mol. The van der Waals surface area contributed by atoms with Crippen molar-refractivity contribution in [2.75, 3.05) is 11.5 Å². The van der Waals surface area contributed by atoms with Gasteiger partial charge in [-0.05, 0) is 60.5 Å². The van der Waals surface area contributed by atoms with Gasteiger partial charge in [0.05, 0.1) is 13.0 Å². The highest BCUT2D eigenvalue weighted by atomic mass is 35.5. The van der Waals surface area contributed by atoms with Gasteiger partial charge in [-0.25, -0.2) is 0 Å². The van der Waals surface area contributed by atoms with Crippen molar-refractivity contribution in [3.8, 4) is 5.75 Å². The summed E-state index contributed by atoms with van der Waals surface area (Å²) in [6, 6.07) is 22.0. The Morgan fingerprint density at radius 3 is 2.44 bits per heavy atom. The second-order valence-electron chi connectivity index (χ2n) is 7.93. The number of anilines is 1. The van der Waals surface area contributed by atoms with Crippen LogP contribution in [0, 0.1) is 0 Å². The van der Waals surface area contributed by atoms with Crippen molar-refractivity contribution >= 4 is 29.2 Å². The van der Waals surface area contributed by atoms with Gasteiger partial charge in [0.25, 0.3) is 5.91 Å². The van der Waals surface area contributed by atoms with Gasteiger partial charge >= 0.3 is 5.97 Å². The van der Waals surface area contributed by atoms with Crippen LogP contribution in [0.15, 0.2) is 72.8 Å². The van der Waals surface area contributed by atoms with E-state index in [2.05, 4.69) is 12.1 Å².